The smallest absolute Gasteiger partial charge is 0.271 e. The van der Waals surface area contributed by atoms with Crippen molar-refractivity contribution in [2.75, 3.05) is 0 Å². The molecule has 0 spiro atoms. The van der Waals surface area contributed by atoms with Crippen LogP contribution in [0.4, 0.5) is 0 Å². The van der Waals surface area contributed by atoms with E-state index < -0.39 is 0 Å². The molecule has 0 bridgehead atoms. The number of hydrogen-bond acceptors (Lipinski definition) is 4. The summed E-state index contributed by atoms with van der Waals surface area (Å²) in [5.74, 6) is 0.506. The van der Waals surface area contributed by atoms with Crippen LogP contribution in [0.3, 0.4) is 0 Å². The van der Waals surface area contributed by atoms with Crippen molar-refractivity contribution in [1.29, 1.82) is 0 Å². The van der Waals surface area contributed by atoms with Crippen molar-refractivity contribution in [3.05, 3.63) is 39.9 Å². The first kappa shape index (κ1) is 14.4. The Labute approximate surface area is 127 Å². The summed E-state index contributed by atoms with van der Waals surface area (Å²) >= 11 is 0. The van der Waals surface area contributed by atoms with Crippen LogP contribution in [0.25, 0.3) is 10.9 Å². The van der Waals surface area contributed by atoms with Gasteiger partial charge in [0.05, 0.1) is 10.9 Å². The fraction of sp³-hybridized carbons (Fsp3) is 0.375. The Balaban J connectivity index is 1.98. The molecule has 3 rings (SSSR count). The Morgan fingerprint density at radius 1 is 1.45 bits per heavy atom. The Morgan fingerprint density at radius 2 is 2.27 bits per heavy atom. The van der Waals surface area contributed by atoms with Gasteiger partial charge in [-0.1, -0.05) is 6.92 Å². The molecule has 1 aliphatic heterocycles. The fourth-order valence-electron chi connectivity index (χ4n) is 2.51. The molecule has 0 aliphatic carbocycles. The Hall–Kier alpha value is -2.50. The van der Waals surface area contributed by atoms with Gasteiger partial charge in [0, 0.05) is 24.2 Å². The molecule has 114 valence electrons. The number of aryl methyl sites for hydroxylation is 1. The van der Waals surface area contributed by atoms with E-state index in [2.05, 4.69) is 15.5 Å². The molecule has 1 N–H and O–H groups in total. The molecule has 6 heteroatoms. The minimum atomic E-state index is -0.294. The van der Waals surface area contributed by atoms with E-state index in [9.17, 15) is 9.59 Å². The van der Waals surface area contributed by atoms with E-state index in [4.69, 9.17) is 0 Å². The lowest BCUT2D eigenvalue weighted by Crippen LogP contribution is -2.22. The SMILES string of the molecule is CC/C(C)=N\NC(=O)c1ccc2c(=O)n3c(nc2c1)CCC3. The van der Waals surface area contributed by atoms with Crippen molar-refractivity contribution in [2.24, 2.45) is 5.10 Å². The summed E-state index contributed by atoms with van der Waals surface area (Å²) in [6, 6.07) is 4.96. The summed E-state index contributed by atoms with van der Waals surface area (Å²) in [6.45, 7) is 4.55. The number of hydrogen-bond donors (Lipinski definition) is 1. The van der Waals surface area contributed by atoms with Crippen LogP contribution >= 0.6 is 0 Å². The molecule has 0 atom stereocenters. The van der Waals surface area contributed by atoms with Crippen LogP contribution in [0.5, 0.6) is 0 Å². The number of carbonyl (C=O) groups excluding carboxylic acids is 1. The number of amides is 1. The monoisotopic (exact) mass is 298 g/mol. The average Bonchev–Trinajstić information content (AvgIpc) is 3.00. The number of nitrogens with one attached hydrogen (secondary N) is 1. The van der Waals surface area contributed by atoms with Gasteiger partial charge in [0.2, 0.25) is 0 Å². The number of aromatic nitrogens is 2. The molecule has 0 fully saturated rings. The second-order valence-corrected chi connectivity index (χ2v) is 5.46. The summed E-state index contributed by atoms with van der Waals surface area (Å²) in [4.78, 5) is 29.0. The second kappa shape index (κ2) is 5.71. The highest BCUT2D eigenvalue weighted by Gasteiger charge is 2.17. The van der Waals surface area contributed by atoms with E-state index in [1.165, 1.54) is 0 Å². The fourth-order valence-corrected chi connectivity index (χ4v) is 2.51. The largest absolute Gasteiger partial charge is 0.296 e. The minimum absolute atomic E-state index is 0.0238. The lowest BCUT2D eigenvalue weighted by Gasteiger charge is -2.06. The molecule has 2 heterocycles. The Bertz CT molecular complexity index is 836. The van der Waals surface area contributed by atoms with Crippen LogP contribution in [0, 0.1) is 0 Å². The third-order valence-electron chi connectivity index (χ3n) is 3.94. The lowest BCUT2D eigenvalue weighted by atomic mass is 10.1. The van der Waals surface area contributed by atoms with Crippen molar-refractivity contribution in [2.45, 2.75) is 39.7 Å². The van der Waals surface area contributed by atoms with Crippen LogP contribution in [0.15, 0.2) is 28.1 Å². The van der Waals surface area contributed by atoms with E-state index in [1.807, 2.05) is 13.8 Å². The topological polar surface area (TPSA) is 76.3 Å². The third kappa shape index (κ3) is 2.52. The number of hydrazone groups is 1. The summed E-state index contributed by atoms with van der Waals surface area (Å²) in [5, 5.41) is 4.56. The van der Waals surface area contributed by atoms with Gasteiger partial charge in [0.25, 0.3) is 11.5 Å². The zero-order valence-corrected chi connectivity index (χ0v) is 12.7. The molecule has 0 saturated carbocycles. The zero-order chi connectivity index (χ0) is 15.7. The van der Waals surface area contributed by atoms with Crippen LogP contribution in [0.1, 0.15) is 42.9 Å². The minimum Gasteiger partial charge on any atom is -0.296 e. The second-order valence-electron chi connectivity index (χ2n) is 5.46. The normalized spacial score (nSPS) is 14.2. The number of carbonyl (C=O) groups is 1. The van der Waals surface area contributed by atoms with Crippen molar-refractivity contribution in [3.63, 3.8) is 0 Å². The van der Waals surface area contributed by atoms with E-state index in [0.717, 1.165) is 37.3 Å². The van der Waals surface area contributed by atoms with E-state index in [-0.39, 0.29) is 11.5 Å². The zero-order valence-electron chi connectivity index (χ0n) is 12.7. The molecule has 0 unspecified atom stereocenters. The molecule has 22 heavy (non-hydrogen) atoms. The maximum absolute atomic E-state index is 12.4. The maximum atomic E-state index is 12.4. The van der Waals surface area contributed by atoms with Crippen LogP contribution in [-0.4, -0.2) is 21.2 Å². The third-order valence-corrected chi connectivity index (χ3v) is 3.94. The predicted molar refractivity (Wildman–Crippen MR) is 85.2 cm³/mol. The Morgan fingerprint density at radius 3 is 3.05 bits per heavy atom. The number of benzene rings is 1. The van der Waals surface area contributed by atoms with Crippen molar-refractivity contribution >= 4 is 22.5 Å². The highest BCUT2D eigenvalue weighted by Crippen LogP contribution is 2.16. The van der Waals surface area contributed by atoms with Crippen LogP contribution in [-0.2, 0) is 13.0 Å². The van der Waals surface area contributed by atoms with Gasteiger partial charge in [-0.05, 0) is 38.0 Å². The molecular formula is C16H18N4O2. The standard InChI is InChI=1S/C16H18N4O2/c1-3-10(2)18-19-15(21)11-6-7-12-13(9-11)17-14-5-4-8-20(14)16(12)22/h6-7,9H,3-5,8H2,1-2H3,(H,19,21)/b18-10-. The molecular weight excluding hydrogens is 280 g/mol. The molecule has 0 radical (unpaired) electrons. The first-order chi connectivity index (χ1) is 10.6. The van der Waals surface area contributed by atoms with Gasteiger partial charge in [-0.3, -0.25) is 14.2 Å². The van der Waals surface area contributed by atoms with E-state index in [1.54, 1.807) is 22.8 Å². The Kier molecular flexibility index (Phi) is 3.75. The first-order valence-electron chi connectivity index (χ1n) is 7.47. The molecule has 0 saturated heterocycles. The van der Waals surface area contributed by atoms with Crippen molar-refractivity contribution in [3.8, 4) is 0 Å². The van der Waals surface area contributed by atoms with Gasteiger partial charge >= 0.3 is 0 Å². The van der Waals surface area contributed by atoms with Gasteiger partial charge in [0.15, 0.2) is 0 Å². The van der Waals surface area contributed by atoms with Crippen LogP contribution in [0.2, 0.25) is 0 Å². The molecule has 2 aromatic rings. The van der Waals surface area contributed by atoms with Gasteiger partial charge in [-0.2, -0.15) is 5.10 Å². The number of nitrogens with zero attached hydrogens (tertiary/aromatic N) is 3. The first-order valence-corrected chi connectivity index (χ1v) is 7.47. The van der Waals surface area contributed by atoms with Gasteiger partial charge < -0.3 is 0 Å². The maximum Gasteiger partial charge on any atom is 0.271 e. The van der Waals surface area contributed by atoms with E-state index >= 15 is 0 Å². The van der Waals surface area contributed by atoms with Gasteiger partial charge in [-0.25, -0.2) is 10.4 Å². The summed E-state index contributed by atoms with van der Waals surface area (Å²) in [7, 11) is 0. The average molecular weight is 298 g/mol. The molecule has 1 aromatic carbocycles. The van der Waals surface area contributed by atoms with Gasteiger partial charge in [0.1, 0.15) is 5.82 Å². The lowest BCUT2D eigenvalue weighted by molar-refractivity contribution is 0.0955. The molecule has 1 aliphatic rings. The number of rotatable bonds is 3. The molecule has 1 aromatic heterocycles. The predicted octanol–water partition coefficient (Wildman–Crippen LogP) is 1.86. The van der Waals surface area contributed by atoms with Crippen molar-refractivity contribution < 1.29 is 4.79 Å². The number of fused-ring (bicyclic) bond motifs is 2. The summed E-state index contributed by atoms with van der Waals surface area (Å²) in [6.07, 6.45) is 2.53. The van der Waals surface area contributed by atoms with Gasteiger partial charge in [-0.15, -0.1) is 0 Å². The van der Waals surface area contributed by atoms with E-state index in [0.29, 0.717) is 16.5 Å². The highest BCUT2D eigenvalue weighted by molar-refractivity contribution is 5.98. The van der Waals surface area contributed by atoms with Crippen molar-refractivity contribution in [1.82, 2.24) is 15.0 Å². The van der Waals surface area contributed by atoms with Crippen LogP contribution < -0.4 is 11.0 Å². The highest BCUT2D eigenvalue weighted by atomic mass is 16.2. The summed E-state index contributed by atoms with van der Waals surface area (Å²) < 4.78 is 1.72. The molecule has 1 amide bonds. The quantitative estimate of drug-likeness (QED) is 0.694. The summed E-state index contributed by atoms with van der Waals surface area (Å²) in [5.41, 5.74) is 4.37. The molecule has 6 nitrogen and oxygen atoms in total.